The number of carbonyl (C=O) groups excluding carboxylic acids is 1. The number of pyridine rings is 1. The van der Waals surface area contributed by atoms with E-state index in [2.05, 4.69) is 21.5 Å². The highest BCUT2D eigenvalue weighted by atomic mass is 35.5. The first-order valence-electron chi connectivity index (χ1n) is 13.7. The number of piperidine rings is 1. The average molecular weight is 541 g/mol. The Balaban J connectivity index is 1.60. The fourth-order valence-electron chi connectivity index (χ4n) is 5.68. The Labute approximate surface area is 229 Å². The monoisotopic (exact) mass is 540 g/mol. The Bertz CT molecular complexity index is 1240. The molecule has 2 aromatic heterocycles. The molecule has 0 bridgehead atoms. The smallest absolute Gasteiger partial charge is 0.357 e. The lowest BCUT2D eigenvalue weighted by molar-refractivity contribution is 0.0115. The van der Waals surface area contributed by atoms with E-state index in [0.717, 1.165) is 87.5 Å². The van der Waals surface area contributed by atoms with Crippen molar-refractivity contribution in [3.8, 4) is 0 Å². The van der Waals surface area contributed by atoms with Crippen molar-refractivity contribution >= 4 is 46.7 Å². The molecular formula is C28H37ClN6O3. The number of hydrogen-bond donors (Lipinski definition) is 0. The third kappa shape index (κ3) is 5.37. The van der Waals surface area contributed by atoms with E-state index < -0.39 is 5.97 Å². The van der Waals surface area contributed by atoms with E-state index in [1.165, 1.54) is 6.42 Å². The Morgan fingerprint density at radius 3 is 2.58 bits per heavy atom. The van der Waals surface area contributed by atoms with Gasteiger partial charge in [-0.1, -0.05) is 24.1 Å². The molecule has 204 valence electrons. The lowest BCUT2D eigenvalue weighted by Crippen LogP contribution is -2.49. The number of aromatic nitrogens is 3. The first-order valence-corrected chi connectivity index (χ1v) is 14.1. The molecule has 5 rings (SSSR count). The average Bonchev–Trinajstić information content (AvgIpc) is 3.29. The Kier molecular flexibility index (Phi) is 8.45. The molecule has 1 aliphatic carbocycles. The van der Waals surface area contributed by atoms with Crippen molar-refractivity contribution in [2.75, 3.05) is 50.9 Å². The van der Waals surface area contributed by atoms with Gasteiger partial charge in [-0.05, 0) is 52.3 Å². The summed E-state index contributed by atoms with van der Waals surface area (Å²) in [4.78, 5) is 26.6. The standard InChI is InChI=1S/C28H37ClN6O3/c1-4-20(17-24(29)30-3)35-27-25(26(32-35)19-7-6-8-19)23(18-22(31-27)28(36)38-5-2)34-11-9-21(10-12-34)33-13-15-37-16-14-33/h4,17-19,21H,3,5-16H2,1-2H3/b20-4+,24-17-. The largest absolute Gasteiger partial charge is 0.461 e. The number of carbonyl (C=O) groups is 1. The summed E-state index contributed by atoms with van der Waals surface area (Å²) >= 11 is 6.24. The van der Waals surface area contributed by atoms with Crippen LogP contribution in [0, 0.1) is 0 Å². The Morgan fingerprint density at radius 1 is 1.24 bits per heavy atom. The second kappa shape index (κ2) is 12.0. The van der Waals surface area contributed by atoms with E-state index in [1.54, 1.807) is 17.7 Å². The highest BCUT2D eigenvalue weighted by Gasteiger charge is 2.33. The fourth-order valence-corrected chi connectivity index (χ4v) is 5.79. The minimum Gasteiger partial charge on any atom is -0.461 e. The van der Waals surface area contributed by atoms with Gasteiger partial charge >= 0.3 is 5.97 Å². The normalized spacial score (nSPS) is 20.6. The van der Waals surface area contributed by atoms with Crippen molar-refractivity contribution in [2.24, 2.45) is 4.99 Å². The van der Waals surface area contributed by atoms with Crippen LogP contribution in [0.25, 0.3) is 16.7 Å². The number of ether oxygens (including phenoxy) is 2. The highest BCUT2D eigenvalue weighted by Crippen LogP contribution is 2.43. The summed E-state index contributed by atoms with van der Waals surface area (Å²) in [6.45, 7) is 13.0. The molecule has 0 unspecified atom stereocenters. The minimum atomic E-state index is -0.430. The Morgan fingerprint density at radius 2 is 1.97 bits per heavy atom. The van der Waals surface area contributed by atoms with Gasteiger partial charge in [-0.25, -0.2) is 14.5 Å². The van der Waals surface area contributed by atoms with Gasteiger partial charge < -0.3 is 14.4 Å². The van der Waals surface area contributed by atoms with Crippen LogP contribution in [0.2, 0.25) is 0 Å². The summed E-state index contributed by atoms with van der Waals surface area (Å²) in [5.74, 6) is -0.0612. The van der Waals surface area contributed by atoms with Crippen LogP contribution in [0.1, 0.15) is 68.1 Å². The summed E-state index contributed by atoms with van der Waals surface area (Å²) in [5, 5.41) is 6.36. The van der Waals surface area contributed by atoms with Crippen LogP contribution < -0.4 is 4.90 Å². The molecule has 4 heterocycles. The highest BCUT2D eigenvalue weighted by molar-refractivity contribution is 6.30. The second-order valence-electron chi connectivity index (χ2n) is 10.1. The van der Waals surface area contributed by atoms with Crippen LogP contribution >= 0.6 is 11.6 Å². The maximum atomic E-state index is 12.9. The third-order valence-electron chi connectivity index (χ3n) is 7.95. The summed E-state index contributed by atoms with van der Waals surface area (Å²) in [6.07, 6.45) is 9.15. The van der Waals surface area contributed by atoms with Gasteiger partial charge in [0.1, 0.15) is 5.16 Å². The fraction of sp³-hybridized carbons (Fsp3) is 0.571. The molecule has 0 atom stereocenters. The molecule has 38 heavy (non-hydrogen) atoms. The number of anilines is 1. The van der Waals surface area contributed by atoms with Crippen molar-refractivity contribution in [3.63, 3.8) is 0 Å². The number of halogens is 1. The number of nitrogens with zero attached hydrogens (tertiary/aromatic N) is 6. The molecule has 3 fully saturated rings. The molecule has 10 heteroatoms. The molecule has 2 aliphatic heterocycles. The van der Waals surface area contributed by atoms with Crippen LogP contribution in [-0.2, 0) is 9.47 Å². The SMILES string of the molecule is C=N/C(Cl)=C\C(=C/C)n1nc(C2CCC2)c2c(N3CCC(N4CCOCC4)CC3)cc(C(=O)OCC)nc21. The van der Waals surface area contributed by atoms with Crippen LogP contribution in [-0.4, -0.2) is 84.4 Å². The summed E-state index contributed by atoms with van der Waals surface area (Å²) in [6, 6.07) is 2.46. The van der Waals surface area contributed by atoms with E-state index in [4.69, 9.17) is 31.2 Å². The van der Waals surface area contributed by atoms with E-state index in [-0.39, 0.29) is 11.8 Å². The van der Waals surface area contributed by atoms with Gasteiger partial charge in [-0.2, -0.15) is 5.10 Å². The minimum absolute atomic E-state index is 0.263. The zero-order chi connectivity index (χ0) is 26.6. The molecule has 0 spiro atoms. The maximum Gasteiger partial charge on any atom is 0.357 e. The van der Waals surface area contributed by atoms with Gasteiger partial charge in [-0.15, -0.1) is 0 Å². The summed E-state index contributed by atoms with van der Waals surface area (Å²) < 4.78 is 12.7. The molecule has 0 amide bonds. The molecule has 0 radical (unpaired) electrons. The number of rotatable bonds is 8. The van der Waals surface area contributed by atoms with Gasteiger partial charge in [0.05, 0.1) is 42.3 Å². The van der Waals surface area contributed by atoms with Crippen LogP contribution in [0.3, 0.4) is 0 Å². The second-order valence-corrected chi connectivity index (χ2v) is 10.5. The van der Waals surface area contributed by atoms with Crippen molar-refractivity contribution < 1.29 is 14.3 Å². The van der Waals surface area contributed by atoms with Crippen LogP contribution in [0.4, 0.5) is 5.69 Å². The van der Waals surface area contributed by atoms with E-state index in [0.29, 0.717) is 23.3 Å². The zero-order valence-corrected chi connectivity index (χ0v) is 23.1. The molecule has 9 nitrogen and oxygen atoms in total. The summed E-state index contributed by atoms with van der Waals surface area (Å²) in [7, 11) is 0. The van der Waals surface area contributed by atoms with Crippen LogP contribution in [0.5, 0.6) is 0 Å². The zero-order valence-electron chi connectivity index (χ0n) is 22.4. The molecular weight excluding hydrogens is 504 g/mol. The summed E-state index contributed by atoms with van der Waals surface area (Å²) in [5.41, 5.74) is 3.70. The predicted molar refractivity (Wildman–Crippen MR) is 151 cm³/mol. The Hall–Kier alpha value is -2.75. The topological polar surface area (TPSA) is 85.1 Å². The predicted octanol–water partition coefficient (Wildman–Crippen LogP) is 4.82. The number of aliphatic imine (C=N–C) groups is 1. The molecule has 3 aliphatic rings. The number of allylic oxidation sites excluding steroid dienone is 3. The van der Waals surface area contributed by atoms with Gasteiger partial charge in [0.2, 0.25) is 0 Å². The number of hydrogen-bond acceptors (Lipinski definition) is 8. The molecule has 0 aromatic carbocycles. The first-order chi connectivity index (χ1) is 18.5. The molecule has 1 saturated carbocycles. The van der Waals surface area contributed by atoms with Gasteiger partial charge in [0.25, 0.3) is 0 Å². The van der Waals surface area contributed by atoms with E-state index in [9.17, 15) is 4.79 Å². The number of fused-ring (bicyclic) bond motifs is 1. The lowest BCUT2D eigenvalue weighted by Gasteiger charge is -2.41. The van der Waals surface area contributed by atoms with E-state index >= 15 is 0 Å². The van der Waals surface area contributed by atoms with Gasteiger partial charge in [0.15, 0.2) is 11.3 Å². The third-order valence-corrected chi connectivity index (χ3v) is 8.17. The van der Waals surface area contributed by atoms with Gasteiger partial charge in [-0.3, -0.25) is 9.89 Å². The van der Waals surface area contributed by atoms with Gasteiger partial charge in [0, 0.05) is 44.2 Å². The van der Waals surface area contributed by atoms with Crippen molar-refractivity contribution in [2.45, 2.75) is 57.9 Å². The molecule has 2 saturated heterocycles. The number of morpholine rings is 1. The first kappa shape index (κ1) is 26.8. The van der Waals surface area contributed by atoms with E-state index in [1.807, 2.05) is 19.1 Å². The maximum absolute atomic E-state index is 12.9. The van der Waals surface area contributed by atoms with Crippen molar-refractivity contribution in [3.05, 3.63) is 34.8 Å². The van der Waals surface area contributed by atoms with Crippen LogP contribution in [0.15, 0.2) is 28.4 Å². The van der Waals surface area contributed by atoms with Crippen molar-refractivity contribution in [1.29, 1.82) is 0 Å². The molecule has 0 N–H and O–H groups in total. The lowest BCUT2D eigenvalue weighted by atomic mass is 9.82. The number of esters is 1. The quantitative estimate of drug-likeness (QED) is 0.205. The molecule has 2 aromatic rings. The van der Waals surface area contributed by atoms with Crippen molar-refractivity contribution in [1.82, 2.24) is 19.7 Å².